The molecular weight excluding hydrogens is 286 g/mol. The molecule has 22 heavy (non-hydrogen) atoms. The molecule has 0 amide bonds. The molecule has 0 spiro atoms. The molecule has 6 nitrogen and oxygen atoms in total. The molecule has 0 bridgehead atoms. The molecular formula is C16H17NO5. The summed E-state index contributed by atoms with van der Waals surface area (Å²) in [5.74, 6) is 0.865. The van der Waals surface area contributed by atoms with Crippen LogP contribution in [0.15, 0.2) is 36.4 Å². The molecule has 0 aromatic heterocycles. The van der Waals surface area contributed by atoms with Crippen molar-refractivity contribution in [2.24, 2.45) is 0 Å². The number of nitrogens with two attached hydrogens (primary N) is 1. The van der Waals surface area contributed by atoms with Gasteiger partial charge in [-0.3, -0.25) is 0 Å². The second-order valence-corrected chi connectivity index (χ2v) is 4.34. The van der Waals surface area contributed by atoms with E-state index in [0.717, 1.165) is 0 Å². The second-order valence-electron chi connectivity index (χ2n) is 4.34. The van der Waals surface area contributed by atoms with Crippen molar-refractivity contribution >= 4 is 11.7 Å². The highest BCUT2D eigenvalue weighted by Crippen LogP contribution is 2.38. The number of esters is 1. The molecule has 0 radical (unpaired) electrons. The van der Waals surface area contributed by atoms with Gasteiger partial charge in [0.1, 0.15) is 0 Å². The summed E-state index contributed by atoms with van der Waals surface area (Å²) >= 11 is 0. The molecule has 0 aliphatic heterocycles. The predicted molar refractivity (Wildman–Crippen MR) is 81.9 cm³/mol. The van der Waals surface area contributed by atoms with Gasteiger partial charge in [0.15, 0.2) is 17.2 Å². The van der Waals surface area contributed by atoms with Gasteiger partial charge in [-0.05, 0) is 24.3 Å². The molecule has 2 N–H and O–H groups in total. The van der Waals surface area contributed by atoms with Crippen LogP contribution in [0.5, 0.6) is 23.0 Å². The zero-order valence-electron chi connectivity index (χ0n) is 12.6. The fourth-order valence-corrected chi connectivity index (χ4v) is 1.93. The van der Waals surface area contributed by atoms with Crippen LogP contribution in [-0.4, -0.2) is 27.3 Å². The van der Waals surface area contributed by atoms with Crippen molar-refractivity contribution in [1.29, 1.82) is 0 Å². The molecule has 0 aliphatic rings. The lowest BCUT2D eigenvalue weighted by Gasteiger charge is -2.14. The summed E-state index contributed by atoms with van der Waals surface area (Å²) in [4.78, 5) is 12.3. The average Bonchev–Trinajstić information content (AvgIpc) is 2.55. The van der Waals surface area contributed by atoms with E-state index in [-0.39, 0.29) is 5.56 Å². The van der Waals surface area contributed by atoms with Gasteiger partial charge in [-0.1, -0.05) is 12.1 Å². The maximum atomic E-state index is 12.3. The van der Waals surface area contributed by atoms with E-state index in [1.165, 1.54) is 33.5 Å². The fraction of sp³-hybridized carbons (Fsp3) is 0.188. The Hall–Kier alpha value is -2.89. The van der Waals surface area contributed by atoms with E-state index in [9.17, 15) is 4.79 Å². The molecule has 0 atom stereocenters. The summed E-state index contributed by atoms with van der Waals surface area (Å²) in [6.07, 6.45) is 0. The summed E-state index contributed by atoms with van der Waals surface area (Å²) in [7, 11) is 4.44. The van der Waals surface area contributed by atoms with Crippen molar-refractivity contribution in [3.8, 4) is 23.0 Å². The van der Waals surface area contributed by atoms with Crippen molar-refractivity contribution in [3.05, 3.63) is 42.0 Å². The highest BCUT2D eigenvalue weighted by molar-refractivity contribution is 5.93. The number of hydrogen-bond donors (Lipinski definition) is 1. The number of hydrogen-bond acceptors (Lipinski definition) is 6. The lowest BCUT2D eigenvalue weighted by atomic mass is 10.2. The van der Waals surface area contributed by atoms with Crippen LogP contribution < -0.4 is 24.7 Å². The molecule has 0 saturated carbocycles. The number of ether oxygens (including phenoxy) is 4. The van der Waals surface area contributed by atoms with E-state index in [2.05, 4.69) is 0 Å². The zero-order chi connectivity index (χ0) is 16.1. The van der Waals surface area contributed by atoms with Crippen molar-refractivity contribution in [1.82, 2.24) is 0 Å². The third-order valence-corrected chi connectivity index (χ3v) is 3.02. The Labute approximate surface area is 128 Å². The standard InChI is InChI=1S/C16H17NO5/c1-19-13-8-10(9-14(20-2)15(13)21-3)16(18)22-12-7-5-4-6-11(12)17/h4-9H,17H2,1-3H3. The van der Waals surface area contributed by atoms with Crippen LogP contribution in [0.25, 0.3) is 0 Å². The van der Waals surface area contributed by atoms with Gasteiger partial charge in [0.25, 0.3) is 0 Å². The molecule has 0 heterocycles. The van der Waals surface area contributed by atoms with Gasteiger partial charge in [0.05, 0.1) is 32.6 Å². The Morgan fingerprint density at radius 3 is 2.00 bits per heavy atom. The van der Waals surface area contributed by atoms with E-state index >= 15 is 0 Å². The molecule has 116 valence electrons. The highest BCUT2D eigenvalue weighted by atomic mass is 16.5. The minimum atomic E-state index is -0.572. The molecule has 2 rings (SSSR count). The third kappa shape index (κ3) is 3.06. The maximum Gasteiger partial charge on any atom is 0.343 e. The van der Waals surface area contributed by atoms with E-state index in [4.69, 9.17) is 24.7 Å². The van der Waals surface area contributed by atoms with E-state index < -0.39 is 5.97 Å². The SMILES string of the molecule is COc1cc(C(=O)Oc2ccccc2N)cc(OC)c1OC. The lowest BCUT2D eigenvalue weighted by Crippen LogP contribution is -2.10. The molecule has 2 aromatic carbocycles. The minimum absolute atomic E-state index is 0.262. The molecule has 2 aromatic rings. The topological polar surface area (TPSA) is 80.0 Å². The van der Waals surface area contributed by atoms with Gasteiger partial charge in [0, 0.05) is 0 Å². The van der Waals surface area contributed by atoms with Crippen LogP contribution in [0.1, 0.15) is 10.4 Å². The van der Waals surface area contributed by atoms with Crippen LogP contribution in [-0.2, 0) is 0 Å². The number of rotatable bonds is 5. The number of carbonyl (C=O) groups excluding carboxylic acids is 1. The van der Waals surface area contributed by atoms with E-state index in [0.29, 0.717) is 28.7 Å². The Morgan fingerprint density at radius 2 is 1.50 bits per heavy atom. The van der Waals surface area contributed by atoms with Gasteiger partial charge in [-0.15, -0.1) is 0 Å². The Kier molecular flexibility index (Phi) is 4.73. The summed E-state index contributed by atoms with van der Waals surface area (Å²) < 4.78 is 20.9. The monoisotopic (exact) mass is 303 g/mol. The van der Waals surface area contributed by atoms with Gasteiger partial charge in [-0.25, -0.2) is 4.79 Å². The Bertz CT molecular complexity index is 659. The summed E-state index contributed by atoms with van der Waals surface area (Å²) in [6, 6.07) is 9.79. The molecule has 0 fully saturated rings. The first-order chi connectivity index (χ1) is 10.6. The average molecular weight is 303 g/mol. The van der Waals surface area contributed by atoms with Gasteiger partial charge in [-0.2, -0.15) is 0 Å². The lowest BCUT2D eigenvalue weighted by molar-refractivity contribution is 0.0735. The van der Waals surface area contributed by atoms with Crippen molar-refractivity contribution < 1.29 is 23.7 Å². The first-order valence-corrected chi connectivity index (χ1v) is 6.47. The molecule has 0 unspecified atom stereocenters. The number of benzene rings is 2. The Morgan fingerprint density at radius 1 is 0.909 bits per heavy atom. The van der Waals surface area contributed by atoms with E-state index in [1.807, 2.05) is 0 Å². The minimum Gasteiger partial charge on any atom is -0.493 e. The fourth-order valence-electron chi connectivity index (χ4n) is 1.93. The Balaban J connectivity index is 2.36. The molecule has 0 saturated heterocycles. The van der Waals surface area contributed by atoms with Gasteiger partial charge in [0.2, 0.25) is 5.75 Å². The van der Waals surface area contributed by atoms with Crippen LogP contribution in [0, 0.1) is 0 Å². The third-order valence-electron chi connectivity index (χ3n) is 3.02. The van der Waals surface area contributed by atoms with Gasteiger partial charge < -0.3 is 24.7 Å². The smallest absolute Gasteiger partial charge is 0.343 e. The quantitative estimate of drug-likeness (QED) is 0.519. The van der Waals surface area contributed by atoms with Crippen molar-refractivity contribution in [2.45, 2.75) is 0 Å². The summed E-state index contributed by atoms with van der Waals surface area (Å²) in [6.45, 7) is 0. The van der Waals surface area contributed by atoms with Crippen molar-refractivity contribution in [3.63, 3.8) is 0 Å². The maximum absolute atomic E-state index is 12.3. The van der Waals surface area contributed by atoms with E-state index in [1.54, 1.807) is 24.3 Å². The van der Waals surface area contributed by atoms with Crippen LogP contribution >= 0.6 is 0 Å². The summed E-state index contributed by atoms with van der Waals surface area (Å²) in [5, 5.41) is 0. The number of nitrogen functional groups attached to an aromatic ring is 1. The first-order valence-electron chi connectivity index (χ1n) is 6.47. The van der Waals surface area contributed by atoms with Crippen LogP contribution in [0.2, 0.25) is 0 Å². The highest BCUT2D eigenvalue weighted by Gasteiger charge is 2.18. The number of anilines is 1. The van der Waals surface area contributed by atoms with Crippen LogP contribution in [0.4, 0.5) is 5.69 Å². The number of carbonyl (C=O) groups is 1. The number of methoxy groups -OCH3 is 3. The van der Waals surface area contributed by atoms with Crippen molar-refractivity contribution in [2.75, 3.05) is 27.1 Å². The number of para-hydroxylation sites is 2. The largest absolute Gasteiger partial charge is 0.493 e. The molecule has 6 heteroatoms. The first kappa shape index (κ1) is 15.5. The molecule has 0 aliphatic carbocycles. The second kappa shape index (κ2) is 6.71. The van der Waals surface area contributed by atoms with Crippen LogP contribution in [0.3, 0.4) is 0 Å². The zero-order valence-corrected chi connectivity index (χ0v) is 12.6. The summed E-state index contributed by atoms with van der Waals surface area (Å²) in [5.41, 5.74) is 6.40. The normalized spacial score (nSPS) is 9.95. The predicted octanol–water partition coefficient (Wildman–Crippen LogP) is 2.51. The van der Waals surface area contributed by atoms with Gasteiger partial charge >= 0.3 is 5.97 Å².